The Kier molecular flexibility index (Phi) is 3.97. The van der Waals surface area contributed by atoms with Crippen LogP contribution in [0.4, 0.5) is 0 Å². The largest absolute Gasteiger partial charge is 0.478 e. The predicted molar refractivity (Wildman–Crippen MR) is 99.2 cm³/mol. The first-order chi connectivity index (χ1) is 11.9. The molecule has 0 amide bonds. The van der Waals surface area contributed by atoms with E-state index in [0.717, 1.165) is 12.3 Å². The predicted octanol–water partition coefficient (Wildman–Crippen LogP) is 3.41. The molecule has 0 aromatic heterocycles. The van der Waals surface area contributed by atoms with Crippen LogP contribution in [0.15, 0.2) is 53.8 Å². The topological polar surface area (TPSA) is 24.9 Å². The monoisotopic (exact) mass is 338 g/mol. The highest BCUT2D eigenvalue weighted by Gasteiger charge is 2.30. The van der Waals surface area contributed by atoms with Gasteiger partial charge in [0.05, 0.1) is 0 Å². The number of hydrogen-bond donors (Lipinski definition) is 0. The van der Waals surface area contributed by atoms with Crippen molar-refractivity contribution in [2.75, 3.05) is 27.6 Å². The molecule has 0 saturated carbocycles. The Labute approximate surface area is 150 Å². The summed E-state index contributed by atoms with van der Waals surface area (Å²) >= 11 is 0. The van der Waals surface area contributed by atoms with Crippen LogP contribution in [0.5, 0.6) is 5.75 Å². The van der Waals surface area contributed by atoms with Crippen molar-refractivity contribution in [3.05, 3.63) is 64.9 Å². The average Bonchev–Trinajstić information content (AvgIpc) is 2.60. The minimum absolute atomic E-state index is 0.0800. The molecular formula is C21H26N2O2. The van der Waals surface area contributed by atoms with Gasteiger partial charge < -0.3 is 14.4 Å². The highest BCUT2D eigenvalue weighted by atomic mass is 16.5. The van der Waals surface area contributed by atoms with E-state index < -0.39 is 0 Å². The van der Waals surface area contributed by atoms with Gasteiger partial charge in [-0.05, 0) is 30.3 Å². The van der Waals surface area contributed by atoms with Crippen LogP contribution in [-0.4, -0.2) is 43.5 Å². The quantitative estimate of drug-likeness (QED) is 0.825. The molecule has 2 aliphatic heterocycles. The fourth-order valence-corrected chi connectivity index (χ4v) is 3.67. The zero-order valence-corrected chi connectivity index (χ0v) is 15.5. The lowest BCUT2D eigenvalue weighted by atomic mass is 9.74. The second-order valence-corrected chi connectivity index (χ2v) is 7.80. The Morgan fingerprint density at radius 3 is 2.84 bits per heavy atom. The van der Waals surface area contributed by atoms with E-state index in [9.17, 15) is 0 Å². The molecule has 1 aromatic carbocycles. The average molecular weight is 338 g/mol. The summed E-state index contributed by atoms with van der Waals surface area (Å²) in [7, 11) is 4.12. The van der Waals surface area contributed by atoms with Gasteiger partial charge in [-0.25, -0.2) is 0 Å². The maximum absolute atomic E-state index is 5.85. The van der Waals surface area contributed by atoms with E-state index in [4.69, 9.17) is 9.47 Å². The summed E-state index contributed by atoms with van der Waals surface area (Å²) in [4.78, 5) is 4.27. The molecule has 3 aliphatic rings. The van der Waals surface area contributed by atoms with Crippen molar-refractivity contribution in [1.29, 1.82) is 0 Å². The fraction of sp³-hybridized carbons (Fsp3) is 0.429. The molecule has 0 saturated heterocycles. The molecule has 1 atom stereocenters. The molecule has 1 unspecified atom stereocenters. The van der Waals surface area contributed by atoms with Crippen LogP contribution in [0, 0.1) is 0 Å². The lowest BCUT2D eigenvalue weighted by Crippen LogP contribution is -2.31. The first-order valence-electron chi connectivity index (χ1n) is 8.82. The number of rotatable bonds is 2. The van der Waals surface area contributed by atoms with Gasteiger partial charge in [0.15, 0.2) is 0 Å². The van der Waals surface area contributed by atoms with Gasteiger partial charge in [0, 0.05) is 36.3 Å². The molecule has 0 radical (unpaired) electrons. The second kappa shape index (κ2) is 6.04. The Morgan fingerprint density at radius 2 is 2.00 bits per heavy atom. The lowest BCUT2D eigenvalue weighted by Gasteiger charge is -2.35. The van der Waals surface area contributed by atoms with Crippen LogP contribution in [0.25, 0.3) is 0 Å². The summed E-state index contributed by atoms with van der Waals surface area (Å²) in [5.41, 5.74) is 5.02. The standard InChI is InChI=1S/C21H26N2O2/c1-21(2,17-5-7-19-15(9-17)11-22(3)13-24-19)18-6-8-20-16(10-18)12-23(4)14-25-20/h5-11,19H,12-14H2,1-4H3. The number of benzene rings is 1. The molecule has 4 nitrogen and oxygen atoms in total. The molecule has 132 valence electrons. The van der Waals surface area contributed by atoms with Gasteiger partial charge in [-0.15, -0.1) is 0 Å². The van der Waals surface area contributed by atoms with E-state index in [2.05, 4.69) is 73.3 Å². The molecule has 25 heavy (non-hydrogen) atoms. The van der Waals surface area contributed by atoms with E-state index in [0.29, 0.717) is 13.5 Å². The lowest BCUT2D eigenvalue weighted by molar-refractivity contribution is 0.0293. The fourth-order valence-electron chi connectivity index (χ4n) is 3.67. The highest BCUT2D eigenvalue weighted by Crippen LogP contribution is 2.38. The molecule has 1 aromatic rings. The molecule has 4 rings (SSSR count). The van der Waals surface area contributed by atoms with Gasteiger partial charge >= 0.3 is 0 Å². The van der Waals surface area contributed by atoms with Crippen molar-refractivity contribution in [2.45, 2.75) is 31.9 Å². The van der Waals surface area contributed by atoms with E-state index in [1.807, 2.05) is 7.05 Å². The summed E-state index contributed by atoms with van der Waals surface area (Å²) in [5, 5.41) is 0. The highest BCUT2D eigenvalue weighted by molar-refractivity contribution is 5.51. The zero-order chi connectivity index (χ0) is 17.6. The Morgan fingerprint density at radius 1 is 1.16 bits per heavy atom. The van der Waals surface area contributed by atoms with E-state index in [1.165, 1.54) is 22.3 Å². The number of hydrogen-bond acceptors (Lipinski definition) is 4. The zero-order valence-electron chi connectivity index (χ0n) is 15.5. The molecule has 0 fully saturated rings. The molecule has 0 bridgehead atoms. The minimum Gasteiger partial charge on any atom is -0.478 e. The summed E-state index contributed by atoms with van der Waals surface area (Å²) < 4.78 is 11.6. The summed E-state index contributed by atoms with van der Waals surface area (Å²) in [6.07, 6.45) is 8.94. The third kappa shape index (κ3) is 3.00. The molecular weight excluding hydrogens is 312 g/mol. The van der Waals surface area contributed by atoms with Gasteiger partial charge in [0.2, 0.25) is 0 Å². The minimum atomic E-state index is -0.0800. The van der Waals surface area contributed by atoms with Crippen LogP contribution in [0.1, 0.15) is 25.0 Å². The van der Waals surface area contributed by atoms with Crippen molar-refractivity contribution in [1.82, 2.24) is 9.80 Å². The Bertz CT molecular complexity index is 776. The van der Waals surface area contributed by atoms with Gasteiger partial charge in [-0.1, -0.05) is 38.1 Å². The number of fused-ring (bicyclic) bond motifs is 2. The van der Waals surface area contributed by atoms with Crippen molar-refractivity contribution in [2.24, 2.45) is 0 Å². The van der Waals surface area contributed by atoms with Crippen molar-refractivity contribution >= 4 is 0 Å². The molecule has 0 spiro atoms. The van der Waals surface area contributed by atoms with E-state index in [1.54, 1.807) is 0 Å². The van der Waals surface area contributed by atoms with Gasteiger partial charge in [-0.2, -0.15) is 0 Å². The smallest absolute Gasteiger partial charge is 0.142 e. The maximum Gasteiger partial charge on any atom is 0.142 e. The first-order valence-corrected chi connectivity index (χ1v) is 8.82. The van der Waals surface area contributed by atoms with Gasteiger partial charge in [-0.3, -0.25) is 4.90 Å². The summed E-state index contributed by atoms with van der Waals surface area (Å²) in [5.74, 6) is 1.01. The molecule has 2 heterocycles. The second-order valence-electron chi connectivity index (χ2n) is 7.80. The first kappa shape index (κ1) is 16.4. The van der Waals surface area contributed by atoms with Gasteiger partial charge in [0.1, 0.15) is 25.3 Å². The normalized spacial score (nSPS) is 23.4. The van der Waals surface area contributed by atoms with Crippen LogP contribution >= 0.6 is 0 Å². The van der Waals surface area contributed by atoms with E-state index in [-0.39, 0.29) is 11.5 Å². The Balaban J connectivity index is 1.68. The van der Waals surface area contributed by atoms with Crippen molar-refractivity contribution < 1.29 is 9.47 Å². The molecule has 0 N–H and O–H groups in total. The summed E-state index contributed by atoms with van der Waals surface area (Å²) in [6.45, 7) is 6.80. The number of ether oxygens (including phenoxy) is 2. The third-order valence-electron chi connectivity index (χ3n) is 5.31. The van der Waals surface area contributed by atoms with Crippen molar-refractivity contribution in [3.8, 4) is 5.75 Å². The van der Waals surface area contributed by atoms with Crippen molar-refractivity contribution in [3.63, 3.8) is 0 Å². The summed E-state index contributed by atoms with van der Waals surface area (Å²) in [6, 6.07) is 6.61. The molecule has 1 aliphatic carbocycles. The van der Waals surface area contributed by atoms with E-state index >= 15 is 0 Å². The Hall–Kier alpha value is -2.04. The van der Waals surface area contributed by atoms with Crippen LogP contribution in [0.2, 0.25) is 0 Å². The SMILES string of the molecule is CN1C=C2C=C(C(C)(C)c3ccc4c(c3)CN(C)CO4)C=CC2OC1. The molecule has 4 heteroatoms. The van der Waals surface area contributed by atoms with Crippen LogP contribution < -0.4 is 4.74 Å². The maximum atomic E-state index is 5.85. The van der Waals surface area contributed by atoms with Gasteiger partial charge in [0.25, 0.3) is 0 Å². The number of allylic oxidation sites excluding steroid dienone is 2. The third-order valence-corrected chi connectivity index (χ3v) is 5.31. The van der Waals surface area contributed by atoms with Crippen LogP contribution in [-0.2, 0) is 16.7 Å². The number of nitrogens with zero attached hydrogens (tertiary/aromatic N) is 2. The van der Waals surface area contributed by atoms with Crippen LogP contribution in [0.3, 0.4) is 0 Å².